The summed E-state index contributed by atoms with van der Waals surface area (Å²) in [7, 11) is 0. The summed E-state index contributed by atoms with van der Waals surface area (Å²) in [5.41, 5.74) is 0.391. The molecule has 0 amide bonds. The predicted octanol–water partition coefficient (Wildman–Crippen LogP) is 5.17. The van der Waals surface area contributed by atoms with Gasteiger partial charge in [-0.2, -0.15) is 0 Å². The molecule has 1 rings (SSSR count). The van der Waals surface area contributed by atoms with Crippen LogP contribution in [0.1, 0.15) is 65.2 Å². The van der Waals surface area contributed by atoms with E-state index in [1.54, 1.807) is 0 Å². The van der Waals surface area contributed by atoms with Gasteiger partial charge in [0.05, 0.1) is 6.61 Å². The Labute approximate surface area is 116 Å². The van der Waals surface area contributed by atoms with Gasteiger partial charge >= 0.3 is 0 Å². The van der Waals surface area contributed by atoms with Crippen LogP contribution >= 0.6 is 15.9 Å². The van der Waals surface area contributed by atoms with Crippen molar-refractivity contribution in [1.82, 2.24) is 0 Å². The molecule has 0 heterocycles. The van der Waals surface area contributed by atoms with Crippen molar-refractivity contribution in [2.45, 2.75) is 65.2 Å². The van der Waals surface area contributed by atoms with Gasteiger partial charge < -0.3 is 4.74 Å². The lowest BCUT2D eigenvalue weighted by Gasteiger charge is -2.31. The van der Waals surface area contributed by atoms with E-state index in [2.05, 4.69) is 29.8 Å². The van der Waals surface area contributed by atoms with Gasteiger partial charge in [-0.25, -0.2) is 0 Å². The van der Waals surface area contributed by atoms with E-state index in [-0.39, 0.29) is 0 Å². The van der Waals surface area contributed by atoms with Gasteiger partial charge in [0.25, 0.3) is 0 Å². The van der Waals surface area contributed by atoms with Crippen molar-refractivity contribution in [2.75, 3.05) is 18.5 Å². The number of alkyl halides is 1. The van der Waals surface area contributed by atoms with Crippen LogP contribution in [0.3, 0.4) is 0 Å². The van der Waals surface area contributed by atoms with Crippen LogP contribution in [-0.2, 0) is 4.74 Å². The Morgan fingerprint density at radius 3 is 2.18 bits per heavy atom. The highest BCUT2D eigenvalue weighted by Gasteiger charge is 2.28. The van der Waals surface area contributed by atoms with E-state index in [9.17, 15) is 0 Å². The van der Waals surface area contributed by atoms with Crippen molar-refractivity contribution in [3.8, 4) is 0 Å². The SMILES string of the molecule is CCCC(CBr)(CCC)COCC1CCCC1. The van der Waals surface area contributed by atoms with Crippen molar-refractivity contribution in [1.29, 1.82) is 0 Å². The third-order valence-corrected chi connectivity index (χ3v) is 5.27. The molecule has 1 aliphatic rings. The van der Waals surface area contributed by atoms with Crippen LogP contribution in [-0.4, -0.2) is 18.5 Å². The average molecular weight is 305 g/mol. The van der Waals surface area contributed by atoms with E-state index in [4.69, 9.17) is 4.74 Å². The molecule has 0 aromatic heterocycles. The molecule has 0 unspecified atom stereocenters. The van der Waals surface area contributed by atoms with Crippen molar-refractivity contribution in [2.24, 2.45) is 11.3 Å². The normalized spacial score (nSPS) is 17.8. The maximum absolute atomic E-state index is 6.05. The molecule has 1 saturated carbocycles. The van der Waals surface area contributed by atoms with Crippen molar-refractivity contribution in [3.63, 3.8) is 0 Å². The molecule has 0 atom stereocenters. The van der Waals surface area contributed by atoms with Gasteiger partial charge in [0, 0.05) is 17.4 Å². The van der Waals surface area contributed by atoms with Crippen LogP contribution in [0, 0.1) is 11.3 Å². The average Bonchev–Trinajstić information content (AvgIpc) is 2.82. The first kappa shape index (κ1) is 15.5. The molecule has 17 heavy (non-hydrogen) atoms. The highest BCUT2D eigenvalue weighted by Crippen LogP contribution is 2.33. The molecule has 2 heteroatoms. The molecule has 1 fully saturated rings. The highest BCUT2D eigenvalue weighted by atomic mass is 79.9. The van der Waals surface area contributed by atoms with Gasteiger partial charge in [-0.1, -0.05) is 55.5 Å². The fourth-order valence-electron chi connectivity index (χ4n) is 3.12. The molecular formula is C15H29BrO. The van der Waals surface area contributed by atoms with E-state index in [1.165, 1.54) is 51.4 Å². The summed E-state index contributed by atoms with van der Waals surface area (Å²) in [6.07, 6.45) is 10.7. The number of hydrogen-bond donors (Lipinski definition) is 0. The van der Waals surface area contributed by atoms with Gasteiger partial charge in [-0.15, -0.1) is 0 Å². The molecule has 0 spiro atoms. The zero-order valence-corrected chi connectivity index (χ0v) is 13.2. The van der Waals surface area contributed by atoms with E-state index < -0.39 is 0 Å². The van der Waals surface area contributed by atoms with Crippen LogP contribution in [0.2, 0.25) is 0 Å². The molecule has 0 bridgehead atoms. The Morgan fingerprint density at radius 2 is 1.71 bits per heavy atom. The summed E-state index contributed by atoms with van der Waals surface area (Å²) in [5.74, 6) is 0.853. The Hall–Kier alpha value is 0.440. The first-order chi connectivity index (χ1) is 8.26. The molecule has 1 nitrogen and oxygen atoms in total. The third-order valence-electron chi connectivity index (χ3n) is 4.08. The second-order valence-corrected chi connectivity index (χ2v) is 6.36. The van der Waals surface area contributed by atoms with E-state index >= 15 is 0 Å². The van der Waals surface area contributed by atoms with Crippen molar-refractivity contribution < 1.29 is 4.74 Å². The molecule has 0 aliphatic heterocycles. The molecule has 102 valence electrons. The minimum atomic E-state index is 0.391. The second-order valence-electron chi connectivity index (χ2n) is 5.80. The lowest BCUT2D eigenvalue weighted by atomic mass is 9.82. The topological polar surface area (TPSA) is 9.23 Å². The lowest BCUT2D eigenvalue weighted by molar-refractivity contribution is 0.0274. The summed E-state index contributed by atoms with van der Waals surface area (Å²) < 4.78 is 6.05. The Kier molecular flexibility index (Phi) is 7.77. The van der Waals surface area contributed by atoms with E-state index in [0.717, 1.165) is 24.5 Å². The van der Waals surface area contributed by atoms with Gasteiger partial charge in [0.2, 0.25) is 0 Å². The monoisotopic (exact) mass is 304 g/mol. The zero-order valence-electron chi connectivity index (χ0n) is 11.6. The number of halogens is 1. The minimum Gasteiger partial charge on any atom is -0.381 e. The predicted molar refractivity (Wildman–Crippen MR) is 78.8 cm³/mol. The quantitative estimate of drug-likeness (QED) is 0.534. The molecule has 0 aromatic rings. The summed E-state index contributed by atoms with van der Waals surface area (Å²) in [5, 5.41) is 1.09. The highest BCUT2D eigenvalue weighted by molar-refractivity contribution is 9.09. The Balaban J connectivity index is 2.30. The molecule has 1 aliphatic carbocycles. The van der Waals surface area contributed by atoms with Crippen LogP contribution < -0.4 is 0 Å². The first-order valence-corrected chi connectivity index (χ1v) is 8.52. The van der Waals surface area contributed by atoms with Crippen molar-refractivity contribution >= 4 is 15.9 Å². The van der Waals surface area contributed by atoms with Gasteiger partial charge in [0.1, 0.15) is 0 Å². The minimum absolute atomic E-state index is 0.391. The van der Waals surface area contributed by atoms with Crippen LogP contribution in [0.15, 0.2) is 0 Å². The summed E-state index contributed by atoms with van der Waals surface area (Å²) in [6, 6.07) is 0. The fraction of sp³-hybridized carbons (Fsp3) is 1.00. The Bertz CT molecular complexity index is 181. The smallest absolute Gasteiger partial charge is 0.0530 e. The van der Waals surface area contributed by atoms with Crippen LogP contribution in [0.4, 0.5) is 0 Å². The Morgan fingerprint density at radius 1 is 1.12 bits per heavy atom. The number of ether oxygens (including phenoxy) is 1. The summed E-state index contributed by atoms with van der Waals surface area (Å²) in [6.45, 7) is 6.52. The van der Waals surface area contributed by atoms with Crippen molar-refractivity contribution in [3.05, 3.63) is 0 Å². The molecule has 0 saturated heterocycles. The van der Waals surface area contributed by atoms with Gasteiger partial charge in [0.15, 0.2) is 0 Å². The summed E-state index contributed by atoms with van der Waals surface area (Å²) >= 11 is 3.71. The summed E-state index contributed by atoms with van der Waals surface area (Å²) in [4.78, 5) is 0. The van der Waals surface area contributed by atoms with Crippen LogP contribution in [0.5, 0.6) is 0 Å². The zero-order chi connectivity index (χ0) is 12.6. The molecule has 0 aromatic carbocycles. The first-order valence-electron chi connectivity index (χ1n) is 7.40. The van der Waals surface area contributed by atoms with E-state index in [0.29, 0.717) is 5.41 Å². The van der Waals surface area contributed by atoms with Crippen LogP contribution in [0.25, 0.3) is 0 Å². The van der Waals surface area contributed by atoms with E-state index in [1.807, 2.05) is 0 Å². The molecular weight excluding hydrogens is 276 g/mol. The molecule has 0 radical (unpaired) electrons. The standard InChI is InChI=1S/C15H29BrO/c1-3-9-15(12-16,10-4-2)13-17-11-14-7-5-6-8-14/h14H,3-13H2,1-2H3. The maximum atomic E-state index is 6.05. The lowest BCUT2D eigenvalue weighted by Crippen LogP contribution is -2.29. The van der Waals surface area contributed by atoms with Gasteiger partial charge in [-0.3, -0.25) is 0 Å². The third kappa shape index (κ3) is 5.30. The number of rotatable bonds is 9. The number of hydrogen-bond acceptors (Lipinski definition) is 1. The van der Waals surface area contributed by atoms with Gasteiger partial charge in [-0.05, 0) is 31.6 Å². The molecule has 0 N–H and O–H groups in total. The maximum Gasteiger partial charge on any atom is 0.0530 e. The second kappa shape index (κ2) is 8.53. The fourth-order valence-corrected chi connectivity index (χ4v) is 3.84. The largest absolute Gasteiger partial charge is 0.381 e.